The minimum Gasteiger partial charge on any atom is -0.490 e. The Morgan fingerprint density at radius 3 is 2.64 bits per heavy atom. The number of rotatable bonds is 4. The quantitative estimate of drug-likeness (QED) is 0.756. The van der Waals surface area contributed by atoms with Crippen LogP contribution in [0.2, 0.25) is 0 Å². The minimum atomic E-state index is -0.929. The molecule has 0 heterocycles. The number of nitrogens with two attached hydrogens (primary N) is 1. The van der Waals surface area contributed by atoms with E-state index in [1.165, 1.54) is 19.1 Å². The molecule has 1 aromatic carbocycles. The zero-order valence-corrected chi connectivity index (χ0v) is 8.02. The topological polar surface area (TPSA) is 35.2 Å². The van der Waals surface area contributed by atoms with Crippen LogP contribution in [0.15, 0.2) is 12.1 Å². The Hall–Kier alpha value is -1.16. The van der Waals surface area contributed by atoms with Gasteiger partial charge in [-0.2, -0.15) is 4.39 Å². The lowest BCUT2D eigenvalue weighted by atomic mass is 10.2. The van der Waals surface area contributed by atoms with E-state index in [2.05, 4.69) is 0 Å². The molecule has 14 heavy (non-hydrogen) atoms. The summed E-state index contributed by atoms with van der Waals surface area (Å²) in [6, 6.07) is 2.90. The van der Waals surface area contributed by atoms with Crippen molar-refractivity contribution >= 4 is 0 Å². The van der Waals surface area contributed by atoms with Gasteiger partial charge in [0.25, 0.3) is 0 Å². The van der Waals surface area contributed by atoms with Crippen molar-refractivity contribution in [3.8, 4) is 5.75 Å². The van der Waals surface area contributed by atoms with Crippen LogP contribution in [-0.4, -0.2) is 13.2 Å². The molecule has 2 nitrogen and oxygen atoms in total. The normalized spacial score (nSPS) is 10.3. The van der Waals surface area contributed by atoms with Crippen LogP contribution in [0, 0.1) is 18.6 Å². The molecular formula is C10H13F2NO. The summed E-state index contributed by atoms with van der Waals surface area (Å²) in [5.41, 5.74) is 5.51. The van der Waals surface area contributed by atoms with Crippen molar-refractivity contribution in [1.82, 2.24) is 0 Å². The molecule has 0 saturated heterocycles. The zero-order chi connectivity index (χ0) is 10.6. The van der Waals surface area contributed by atoms with E-state index >= 15 is 0 Å². The lowest BCUT2D eigenvalue weighted by Crippen LogP contribution is -2.07. The second kappa shape index (κ2) is 4.91. The van der Waals surface area contributed by atoms with Crippen molar-refractivity contribution in [1.29, 1.82) is 0 Å². The molecule has 2 N–H and O–H groups in total. The maximum absolute atomic E-state index is 13.2. The Morgan fingerprint density at radius 2 is 2.00 bits per heavy atom. The van der Waals surface area contributed by atoms with E-state index in [0.717, 1.165) is 0 Å². The number of hydrogen-bond donors (Lipinski definition) is 1. The summed E-state index contributed by atoms with van der Waals surface area (Å²) in [4.78, 5) is 0. The predicted molar refractivity (Wildman–Crippen MR) is 50.3 cm³/mol. The van der Waals surface area contributed by atoms with Gasteiger partial charge in [0.2, 0.25) is 5.82 Å². The van der Waals surface area contributed by atoms with Crippen molar-refractivity contribution in [2.45, 2.75) is 13.3 Å². The first-order valence-corrected chi connectivity index (χ1v) is 4.44. The summed E-state index contributed by atoms with van der Waals surface area (Å²) in [6.45, 7) is 2.27. The van der Waals surface area contributed by atoms with Gasteiger partial charge >= 0.3 is 0 Å². The molecule has 0 aliphatic carbocycles. The van der Waals surface area contributed by atoms with Crippen molar-refractivity contribution in [3.63, 3.8) is 0 Å². The van der Waals surface area contributed by atoms with Crippen LogP contribution in [0.4, 0.5) is 8.78 Å². The van der Waals surface area contributed by atoms with Gasteiger partial charge in [0, 0.05) is 0 Å². The number of aryl methyl sites for hydroxylation is 1. The van der Waals surface area contributed by atoms with Crippen molar-refractivity contribution < 1.29 is 13.5 Å². The summed E-state index contributed by atoms with van der Waals surface area (Å²) in [7, 11) is 0. The maximum atomic E-state index is 13.2. The van der Waals surface area contributed by atoms with E-state index in [-0.39, 0.29) is 11.3 Å². The van der Waals surface area contributed by atoms with E-state index in [0.29, 0.717) is 19.6 Å². The van der Waals surface area contributed by atoms with Crippen LogP contribution in [0.25, 0.3) is 0 Å². The average Bonchev–Trinajstić information content (AvgIpc) is 2.18. The van der Waals surface area contributed by atoms with E-state index in [9.17, 15) is 8.78 Å². The molecule has 4 heteroatoms. The van der Waals surface area contributed by atoms with Gasteiger partial charge in [-0.1, -0.05) is 6.07 Å². The third kappa shape index (κ3) is 2.42. The third-order valence-corrected chi connectivity index (χ3v) is 1.85. The first kappa shape index (κ1) is 10.9. The first-order chi connectivity index (χ1) is 6.66. The Morgan fingerprint density at radius 1 is 1.29 bits per heavy atom. The fourth-order valence-electron chi connectivity index (χ4n) is 1.01. The summed E-state index contributed by atoms with van der Waals surface area (Å²) >= 11 is 0. The van der Waals surface area contributed by atoms with Gasteiger partial charge in [-0.05, 0) is 31.5 Å². The van der Waals surface area contributed by atoms with Gasteiger partial charge in [-0.25, -0.2) is 4.39 Å². The lowest BCUT2D eigenvalue weighted by Gasteiger charge is -2.07. The summed E-state index contributed by atoms with van der Waals surface area (Å²) in [5.74, 6) is -1.83. The van der Waals surface area contributed by atoms with Crippen LogP contribution in [0.5, 0.6) is 5.75 Å². The fraction of sp³-hybridized carbons (Fsp3) is 0.400. The van der Waals surface area contributed by atoms with Gasteiger partial charge in [0.1, 0.15) is 0 Å². The fourth-order valence-corrected chi connectivity index (χ4v) is 1.01. The molecule has 0 aliphatic heterocycles. The van der Waals surface area contributed by atoms with E-state index in [1.54, 1.807) is 0 Å². The zero-order valence-electron chi connectivity index (χ0n) is 8.02. The smallest absolute Gasteiger partial charge is 0.200 e. The van der Waals surface area contributed by atoms with Gasteiger partial charge in [-0.15, -0.1) is 0 Å². The Labute approximate surface area is 81.7 Å². The molecule has 0 atom stereocenters. The monoisotopic (exact) mass is 201 g/mol. The highest BCUT2D eigenvalue weighted by Crippen LogP contribution is 2.22. The molecule has 1 aromatic rings. The number of benzene rings is 1. The molecule has 0 amide bonds. The average molecular weight is 201 g/mol. The van der Waals surface area contributed by atoms with Gasteiger partial charge < -0.3 is 10.5 Å². The largest absolute Gasteiger partial charge is 0.490 e. The Kier molecular flexibility index (Phi) is 3.83. The number of ether oxygens (including phenoxy) is 1. The Balaban J connectivity index is 2.73. The summed E-state index contributed by atoms with van der Waals surface area (Å²) in [5, 5.41) is 0. The van der Waals surface area contributed by atoms with E-state index in [1.807, 2.05) is 0 Å². The molecule has 78 valence electrons. The summed E-state index contributed by atoms with van der Waals surface area (Å²) < 4.78 is 31.2. The van der Waals surface area contributed by atoms with Crippen molar-refractivity contribution in [3.05, 3.63) is 29.3 Å². The first-order valence-electron chi connectivity index (χ1n) is 4.44. The van der Waals surface area contributed by atoms with Gasteiger partial charge in [0.05, 0.1) is 6.61 Å². The second-order valence-electron chi connectivity index (χ2n) is 3.00. The minimum absolute atomic E-state index is 0.0541. The SMILES string of the molecule is Cc1ccc(OCCCN)c(F)c1F. The number of halogens is 2. The highest BCUT2D eigenvalue weighted by atomic mass is 19.2. The molecule has 0 bridgehead atoms. The highest BCUT2D eigenvalue weighted by molar-refractivity contribution is 5.30. The van der Waals surface area contributed by atoms with E-state index in [4.69, 9.17) is 10.5 Å². The highest BCUT2D eigenvalue weighted by Gasteiger charge is 2.11. The standard InChI is InChI=1S/C10H13F2NO/c1-7-3-4-8(10(12)9(7)11)14-6-2-5-13/h3-4H,2,5-6,13H2,1H3. The molecule has 0 aromatic heterocycles. The van der Waals surface area contributed by atoms with Crippen molar-refractivity contribution in [2.75, 3.05) is 13.2 Å². The van der Waals surface area contributed by atoms with Crippen LogP contribution >= 0.6 is 0 Å². The van der Waals surface area contributed by atoms with Crippen LogP contribution in [-0.2, 0) is 0 Å². The third-order valence-electron chi connectivity index (χ3n) is 1.85. The molecule has 0 fully saturated rings. The Bertz CT molecular complexity index is 315. The second-order valence-corrected chi connectivity index (χ2v) is 3.00. The maximum Gasteiger partial charge on any atom is 0.200 e. The molecule has 0 aliphatic rings. The molecule has 1 rings (SSSR count). The van der Waals surface area contributed by atoms with Crippen LogP contribution in [0.1, 0.15) is 12.0 Å². The van der Waals surface area contributed by atoms with Gasteiger partial charge in [0.15, 0.2) is 11.6 Å². The lowest BCUT2D eigenvalue weighted by molar-refractivity contribution is 0.291. The molecule has 0 radical (unpaired) electrons. The van der Waals surface area contributed by atoms with E-state index < -0.39 is 11.6 Å². The summed E-state index contributed by atoms with van der Waals surface area (Å²) in [6.07, 6.45) is 0.620. The number of hydrogen-bond acceptors (Lipinski definition) is 2. The van der Waals surface area contributed by atoms with Gasteiger partial charge in [-0.3, -0.25) is 0 Å². The van der Waals surface area contributed by atoms with Crippen LogP contribution < -0.4 is 10.5 Å². The molecule has 0 saturated carbocycles. The molecule has 0 spiro atoms. The van der Waals surface area contributed by atoms with Crippen molar-refractivity contribution in [2.24, 2.45) is 5.73 Å². The molecule has 0 unspecified atom stereocenters. The van der Waals surface area contributed by atoms with Crippen LogP contribution in [0.3, 0.4) is 0 Å². The molecular weight excluding hydrogens is 188 g/mol. The predicted octanol–water partition coefficient (Wildman–Crippen LogP) is 2.00.